The van der Waals surface area contributed by atoms with Crippen LogP contribution in [0.4, 0.5) is 0 Å². The third-order valence-corrected chi connectivity index (χ3v) is 1.97. The van der Waals surface area contributed by atoms with Gasteiger partial charge in [-0.05, 0) is 25.8 Å². The summed E-state index contributed by atoms with van der Waals surface area (Å²) in [5.41, 5.74) is 4.44. The predicted octanol–water partition coefficient (Wildman–Crippen LogP) is 3.40. The van der Waals surface area contributed by atoms with Gasteiger partial charge >= 0.3 is 5.97 Å². The van der Waals surface area contributed by atoms with Crippen LogP contribution in [0.5, 0.6) is 0 Å². The lowest BCUT2D eigenvalue weighted by molar-refractivity contribution is -0.136. The first-order chi connectivity index (χ1) is 7.11. The molecule has 0 unspecified atom stereocenters. The van der Waals surface area contributed by atoms with Gasteiger partial charge in [0.1, 0.15) is 0 Å². The van der Waals surface area contributed by atoms with Gasteiger partial charge in [-0.15, -0.1) is 5.73 Å². The number of rotatable bonds is 5. The molecule has 15 heavy (non-hydrogen) atoms. The second-order valence-electron chi connectivity index (χ2n) is 3.47. The standard InChI is InChI=1S/C13H20O2/c1-5-6-7-8-9-11(2)10-12(3)13(14)15-4/h8-9H,5-7H2,1-4H3/b9-8+. The highest BCUT2D eigenvalue weighted by Crippen LogP contribution is 2.01. The molecular formula is C13H20O2. The third kappa shape index (κ3) is 6.75. The van der Waals surface area contributed by atoms with E-state index in [1.165, 1.54) is 20.0 Å². The Kier molecular flexibility index (Phi) is 7.39. The molecule has 0 aliphatic carbocycles. The molecule has 0 aromatic rings. The van der Waals surface area contributed by atoms with Crippen molar-refractivity contribution in [2.75, 3.05) is 7.11 Å². The van der Waals surface area contributed by atoms with Gasteiger partial charge in [0.25, 0.3) is 0 Å². The van der Waals surface area contributed by atoms with Crippen molar-refractivity contribution in [1.29, 1.82) is 0 Å². The van der Waals surface area contributed by atoms with Crippen LogP contribution >= 0.6 is 0 Å². The zero-order chi connectivity index (χ0) is 11.7. The molecule has 0 N–H and O–H groups in total. The summed E-state index contributed by atoms with van der Waals surface area (Å²) < 4.78 is 4.58. The van der Waals surface area contributed by atoms with E-state index in [2.05, 4.69) is 23.5 Å². The van der Waals surface area contributed by atoms with Crippen molar-refractivity contribution in [3.8, 4) is 0 Å². The van der Waals surface area contributed by atoms with E-state index in [4.69, 9.17) is 0 Å². The highest BCUT2D eigenvalue weighted by molar-refractivity contribution is 5.87. The van der Waals surface area contributed by atoms with Gasteiger partial charge in [-0.3, -0.25) is 0 Å². The summed E-state index contributed by atoms with van der Waals surface area (Å²) in [5, 5.41) is 0. The van der Waals surface area contributed by atoms with Crippen molar-refractivity contribution in [3.63, 3.8) is 0 Å². The normalized spacial score (nSPS) is 9.87. The molecule has 0 aliphatic rings. The highest BCUT2D eigenvalue weighted by atomic mass is 16.5. The minimum atomic E-state index is -0.323. The number of hydrogen-bond acceptors (Lipinski definition) is 2. The van der Waals surface area contributed by atoms with Crippen LogP contribution < -0.4 is 0 Å². The maximum Gasteiger partial charge on any atom is 0.341 e. The first kappa shape index (κ1) is 13.7. The van der Waals surface area contributed by atoms with Gasteiger partial charge in [-0.2, -0.15) is 0 Å². The summed E-state index contributed by atoms with van der Waals surface area (Å²) in [6.07, 6.45) is 7.57. The molecule has 0 aromatic carbocycles. The fourth-order valence-electron chi connectivity index (χ4n) is 1.12. The predicted molar refractivity (Wildman–Crippen MR) is 62.6 cm³/mol. The second-order valence-corrected chi connectivity index (χ2v) is 3.47. The Morgan fingerprint density at radius 3 is 2.60 bits per heavy atom. The van der Waals surface area contributed by atoms with Crippen LogP contribution in [0.3, 0.4) is 0 Å². The van der Waals surface area contributed by atoms with Crippen molar-refractivity contribution >= 4 is 5.97 Å². The van der Waals surface area contributed by atoms with Crippen LogP contribution in [-0.2, 0) is 9.53 Å². The van der Waals surface area contributed by atoms with Crippen molar-refractivity contribution < 1.29 is 9.53 Å². The maximum absolute atomic E-state index is 11.1. The van der Waals surface area contributed by atoms with E-state index >= 15 is 0 Å². The van der Waals surface area contributed by atoms with Gasteiger partial charge in [0, 0.05) is 0 Å². The molecular weight excluding hydrogens is 188 g/mol. The van der Waals surface area contributed by atoms with Crippen molar-refractivity contribution in [2.45, 2.75) is 40.0 Å². The first-order valence-electron chi connectivity index (χ1n) is 5.30. The van der Waals surface area contributed by atoms with Crippen LogP contribution in [0.1, 0.15) is 40.0 Å². The van der Waals surface area contributed by atoms with Crippen LogP contribution in [-0.4, -0.2) is 13.1 Å². The number of hydrogen-bond donors (Lipinski definition) is 0. The molecule has 0 saturated heterocycles. The summed E-state index contributed by atoms with van der Waals surface area (Å²) in [6.45, 7) is 5.79. The van der Waals surface area contributed by atoms with E-state index in [-0.39, 0.29) is 5.97 Å². The molecule has 0 fully saturated rings. The smallest absolute Gasteiger partial charge is 0.341 e. The van der Waals surface area contributed by atoms with E-state index < -0.39 is 0 Å². The minimum absolute atomic E-state index is 0.323. The molecule has 0 spiro atoms. The highest BCUT2D eigenvalue weighted by Gasteiger charge is 2.00. The quantitative estimate of drug-likeness (QED) is 0.227. The molecule has 0 radical (unpaired) electrons. The van der Waals surface area contributed by atoms with Crippen LogP contribution in [0.25, 0.3) is 0 Å². The van der Waals surface area contributed by atoms with E-state index in [1.807, 2.05) is 13.0 Å². The number of carbonyl (C=O) groups is 1. The fourth-order valence-corrected chi connectivity index (χ4v) is 1.12. The molecule has 0 heterocycles. The van der Waals surface area contributed by atoms with Crippen LogP contribution in [0.15, 0.2) is 29.0 Å². The lowest BCUT2D eigenvalue weighted by Crippen LogP contribution is -2.00. The molecule has 0 saturated carbocycles. The summed E-state index contributed by atoms with van der Waals surface area (Å²) >= 11 is 0. The molecule has 0 amide bonds. The van der Waals surface area contributed by atoms with Gasteiger partial charge in [0.15, 0.2) is 0 Å². The SMILES string of the molecule is CCCC/C=C/C(C)=C=C(C)C(=O)OC. The average molecular weight is 208 g/mol. The van der Waals surface area contributed by atoms with Gasteiger partial charge in [-0.25, -0.2) is 4.79 Å². The van der Waals surface area contributed by atoms with Crippen molar-refractivity contribution in [3.05, 3.63) is 29.0 Å². The fraction of sp³-hybridized carbons (Fsp3) is 0.538. The van der Waals surface area contributed by atoms with Gasteiger partial charge in [-0.1, -0.05) is 31.9 Å². The Balaban J connectivity index is 4.41. The summed E-state index contributed by atoms with van der Waals surface area (Å²) in [6, 6.07) is 0. The summed E-state index contributed by atoms with van der Waals surface area (Å²) in [7, 11) is 1.37. The van der Waals surface area contributed by atoms with Crippen LogP contribution in [0.2, 0.25) is 0 Å². The topological polar surface area (TPSA) is 26.3 Å². The Labute approximate surface area is 92.3 Å². The van der Waals surface area contributed by atoms with E-state index in [0.717, 1.165) is 12.0 Å². The van der Waals surface area contributed by atoms with Crippen molar-refractivity contribution in [2.24, 2.45) is 0 Å². The van der Waals surface area contributed by atoms with Gasteiger partial charge < -0.3 is 4.74 Å². The van der Waals surface area contributed by atoms with Crippen LogP contribution in [0, 0.1) is 0 Å². The average Bonchev–Trinajstić information content (AvgIpc) is 2.23. The van der Waals surface area contributed by atoms with E-state index in [1.54, 1.807) is 6.92 Å². The van der Waals surface area contributed by atoms with E-state index in [0.29, 0.717) is 5.57 Å². The minimum Gasteiger partial charge on any atom is -0.465 e. The lowest BCUT2D eigenvalue weighted by Gasteiger charge is -1.94. The zero-order valence-electron chi connectivity index (χ0n) is 10.1. The number of esters is 1. The lowest BCUT2D eigenvalue weighted by atomic mass is 10.2. The molecule has 84 valence electrons. The van der Waals surface area contributed by atoms with E-state index in [9.17, 15) is 4.79 Å². The monoisotopic (exact) mass is 208 g/mol. The number of allylic oxidation sites excluding steroid dienone is 2. The molecule has 0 rings (SSSR count). The summed E-state index contributed by atoms with van der Waals surface area (Å²) in [4.78, 5) is 11.1. The van der Waals surface area contributed by atoms with Gasteiger partial charge in [0.05, 0.1) is 12.7 Å². The Morgan fingerprint density at radius 2 is 2.07 bits per heavy atom. The number of unbranched alkanes of at least 4 members (excludes halogenated alkanes) is 2. The van der Waals surface area contributed by atoms with Gasteiger partial charge in [0.2, 0.25) is 0 Å². The maximum atomic E-state index is 11.1. The van der Waals surface area contributed by atoms with Crippen molar-refractivity contribution in [1.82, 2.24) is 0 Å². The largest absolute Gasteiger partial charge is 0.465 e. The molecule has 0 bridgehead atoms. The molecule has 2 nitrogen and oxygen atoms in total. The Hall–Kier alpha value is -1.27. The second kappa shape index (κ2) is 8.07. The Bertz CT molecular complexity index is 292. The third-order valence-electron chi connectivity index (χ3n) is 1.97. The molecule has 0 atom stereocenters. The Morgan fingerprint density at radius 1 is 1.40 bits per heavy atom. The molecule has 0 aliphatic heterocycles. The number of methoxy groups -OCH3 is 1. The summed E-state index contributed by atoms with van der Waals surface area (Å²) in [5.74, 6) is -0.323. The number of ether oxygens (including phenoxy) is 1. The molecule has 2 heteroatoms. The first-order valence-corrected chi connectivity index (χ1v) is 5.30. The molecule has 0 aromatic heterocycles. The zero-order valence-corrected chi connectivity index (χ0v) is 10.1. The number of carbonyl (C=O) groups excluding carboxylic acids is 1.